The summed E-state index contributed by atoms with van der Waals surface area (Å²) in [7, 11) is 0. The van der Waals surface area contributed by atoms with Crippen molar-refractivity contribution in [3.05, 3.63) is 0 Å². The summed E-state index contributed by atoms with van der Waals surface area (Å²) in [6.07, 6.45) is -0.194. The number of nitrogens with two attached hydrogens (primary N) is 1. The molecule has 54 valence electrons. The van der Waals surface area contributed by atoms with Crippen LogP contribution in [-0.4, -0.2) is 28.4 Å². The molecule has 0 aromatic rings. The summed E-state index contributed by atoms with van der Waals surface area (Å²) in [5, 5.41) is 0. The van der Waals surface area contributed by atoms with Crippen LogP contribution in [0.4, 0.5) is 4.39 Å². The first-order chi connectivity index (χ1) is 4.20. The Morgan fingerprint density at radius 1 is 1.67 bits per heavy atom. The van der Waals surface area contributed by atoms with E-state index in [1.807, 2.05) is 3.11 Å². The van der Waals surface area contributed by atoms with Crippen LogP contribution in [0.15, 0.2) is 0 Å². The van der Waals surface area contributed by atoms with E-state index in [4.69, 9.17) is 5.73 Å². The van der Waals surface area contributed by atoms with Crippen molar-refractivity contribution in [1.82, 2.24) is 3.11 Å². The monoisotopic (exact) mass is 244 g/mol. The van der Waals surface area contributed by atoms with Gasteiger partial charge in [0.1, 0.15) is 6.17 Å². The summed E-state index contributed by atoms with van der Waals surface area (Å²) in [5.74, 6) is 0. The fourth-order valence-corrected chi connectivity index (χ4v) is 1.65. The Bertz CT molecular complexity index is 101. The van der Waals surface area contributed by atoms with E-state index in [0.717, 1.165) is 6.54 Å². The third-order valence-electron chi connectivity index (χ3n) is 1.52. The van der Waals surface area contributed by atoms with E-state index in [1.54, 1.807) is 0 Å². The van der Waals surface area contributed by atoms with Crippen LogP contribution in [0.1, 0.15) is 6.42 Å². The van der Waals surface area contributed by atoms with Crippen molar-refractivity contribution < 1.29 is 4.39 Å². The molecule has 0 unspecified atom stereocenters. The van der Waals surface area contributed by atoms with E-state index in [1.165, 1.54) is 0 Å². The van der Waals surface area contributed by atoms with Gasteiger partial charge >= 0.3 is 0 Å². The minimum atomic E-state index is -0.781. The minimum Gasteiger partial charge on any atom is -0.324 e. The maximum absolute atomic E-state index is 12.6. The van der Waals surface area contributed by atoms with Gasteiger partial charge in [-0.05, 0) is 6.42 Å². The molecule has 1 fully saturated rings. The van der Waals surface area contributed by atoms with Crippen LogP contribution in [0.2, 0.25) is 0 Å². The van der Waals surface area contributed by atoms with Gasteiger partial charge in [0.25, 0.3) is 0 Å². The van der Waals surface area contributed by atoms with Crippen LogP contribution in [0.3, 0.4) is 0 Å². The van der Waals surface area contributed by atoms with E-state index in [9.17, 15) is 4.39 Å². The van der Waals surface area contributed by atoms with Gasteiger partial charge in [-0.15, -0.1) is 0 Å². The topological polar surface area (TPSA) is 29.3 Å². The molecule has 0 aromatic carbocycles. The van der Waals surface area contributed by atoms with Crippen molar-refractivity contribution in [3.63, 3.8) is 0 Å². The smallest absolute Gasteiger partial charge is 0.118 e. The molecule has 0 amide bonds. The predicted molar refractivity (Wildman–Crippen MR) is 43.1 cm³/mol. The summed E-state index contributed by atoms with van der Waals surface area (Å²) < 4.78 is 14.6. The van der Waals surface area contributed by atoms with Gasteiger partial charge in [0.05, 0.1) is 0 Å². The van der Waals surface area contributed by atoms with Crippen LogP contribution in [0.25, 0.3) is 0 Å². The summed E-state index contributed by atoms with van der Waals surface area (Å²) in [4.78, 5) is 0. The molecular weight excluding hydrogens is 234 g/mol. The van der Waals surface area contributed by atoms with Gasteiger partial charge in [-0.1, -0.05) is 0 Å². The molecule has 0 aromatic heterocycles. The van der Waals surface area contributed by atoms with E-state index in [-0.39, 0.29) is 6.04 Å². The molecule has 4 heteroatoms. The number of piperidine rings is 1. The minimum absolute atomic E-state index is 0.268. The number of rotatable bonds is 0. The SMILES string of the molecule is N[C@@H]1CN(I)CC[C@@H]1F. The molecule has 1 aliphatic rings. The van der Waals surface area contributed by atoms with Crippen LogP contribution >= 0.6 is 22.9 Å². The van der Waals surface area contributed by atoms with Gasteiger partial charge in [0, 0.05) is 42.0 Å². The molecule has 2 nitrogen and oxygen atoms in total. The van der Waals surface area contributed by atoms with Gasteiger partial charge in [0.2, 0.25) is 0 Å². The Kier molecular flexibility index (Phi) is 2.66. The lowest BCUT2D eigenvalue weighted by Gasteiger charge is -2.28. The molecule has 0 spiro atoms. The van der Waals surface area contributed by atoms with E-state index in [0.29, 0.717) is 13.0 Å². The van der Waals surface area contributed by atoms with Crippen LogP contribution in [0, 0.1) is 0 Å². The largest absolute Gasteiger partial charge is 0.324 e. The molecule has 2 atom stereocenters. The fraction of sp³-hybridized carbons (Fsp3) is 1.00. The van der Waals surface area contributed by atoms with E-state index >= 15 is 0 Å². The highest BCUT2D eigenvalue weighted by atomic mass is 127. The highest BCUT2D eigenvalue weighted by molar-refractivity contribution is 14.1. The lowest BCUT2D eigenvalue weighted by atomic mass is 10.1. The summed E-state index contributed by atoms with van der Waals surface area (Å²) >= 11 is 2.17. The number of hydrogen-bond donors (Lipinski definition) is 1. The number of nitrogens with zero attached hydrogens (tertiary/aromatic N) is 1. The quantitative estimate of drug-likeness (QED) is 0.502. The first-order valence-electron chi connectivity index (χ1n) is 3.00. The number of halogens is 2. The fourth-order valence-electron chi connectivity index (χ4n) is 0.912. The van der Waals surface area contributed by atoms with Crippen LogP contribution < -0.4 is 5.73 Å². The molecule has 1 rings (SSSR count). The Hall–Kier alpha value is 0.580. The second-order valence-electron chi connectivity index (χ2n) is 2.34. The summed E-state index contributed by atoms with van der Waals surface area (Å²) in [5.41, 5.74) is 5.45. The highest BCUT2D eigenvalue weighted by Crippen LogP contribution is 2.15. The first kappa shape index (κ1) is 7.68. The molecule has 2 N–H and O–H groups in total. The van der Waals surface area contributed by atoms with Crippen molar-refractivity contribution in [2.24, 2.45) is 5.73 Å². The molecule has 0 saturated carbocycles. The van der Waals surface area contributed by atoms with Crippen molar-refractivity contribution in [2.45, 2.75) is 18.6 Å². The van der Waals surface area contributed by atoms with Crippen molar-refractivity contribution in [2.75, 3.05) is 13.1 Å². The van der Waals surface area contributed by atoms with E-state index < -0.39 is 6.17 Å². The maximum Gasteiger partial charge on any atom is 0.118 e. The average molecular weight is 244 g/mol. The summed E-state index contributed by atoms with van der Waals surface area (Å²) in [6, 6.07) is -0.268. The zero-order valence-corrected chi connectivity index (χ0v) is 7.21. The first-order valence-corrected chi connectivity index (χ1v) is 3.97. The lowest BCUT2D eigenvalue weighted by Crippen LogP contribution is -2.45. The van der Waals surface area contributed by atoms with Gasteiger partial charge < -0.3 is 5.73 Å². The highest BCUT2D eigenvalue weighted by Gasteiger charge is 2.24. The Balaban J connectivity index is 2.35. The zero-order chi connectivity index (χ0) is 6.85. The molecular formula is C5H10FIN2. The number of alkyl halides is 1. The zero-order valence-electron chi connectivity index (χ0n) is 5.06. The second-order valence-corrected chi connectivity index (χ2v) is 3.70. The molecule has 1 heterocycles. The lowest BCUT2D eigenvalue weighted by molar-refractivity contribution is 0.197. The van der Waals surface area contributed by atoms with Gasteiger partial charge in [-0.2, -0.15) is 0 Å². The Morgan fingerprint density at radius 3 is 2.78 bits per heavy atom. The van der Waals surface area contributed by atoms with Crippen molar-refractivity contribution in [1.29, 1.82) is 0 Å². The molecule has 1 aliphatic heterocycles. The third kappa shape index (κ3) is 2.01. The normalized spacial score (nSPS) is 39.0. The number of hydrogen-bond acceptors (Lipinski definition) is 2. The summed E-state index contributed by atoms with van der Waals surface area (Å²) in [6.45, 7) is 1.51. The van der Waals surface area contributed by atoms with Gasteiger partial charge in [-0.25, -0.2) is 7.50 Å². The predicted octanol–water partition coefficient (Wildman–Crippen LogP) is 0.708. The second kappa shape index (κ2) is 3.12. The standard InChI is InChI=1S/C5H10FIN2/c6-4-1-2-9(7)3-5(4)8/h4-5H,1-3,8H2/t4-,5+/m0/s1. The average Bonchev–Trinajstić information content (AvgIpc) is 1.80. The molecule has 0 aliphatic carbocycles. The van der Waals surface area contributed by atoms with E-state index in [2.05, 4.69) is 22.9 Å². The molecule has 0 radical (unpaired) electrons. The molecule has 9 heavy (non-hydrogen) atoms. The third-order valence-corrected chi connectivity index (χ3v) is 2.40. The Labute approximate surface area is 68.1 Å². The molecule has 0 bridgehead atoms. The van der Waals surface area contributed by atoms with Crippen LogP contribution in [-0.2, 0) is 0 Å². The van der Waals surface area contributed by atoms with Crippen molar-refractivity contribution in [3.8, 4) is 0 Å². The van der Waals surface area contributed by atoms with Gasteiger partial charge in [-0.3, -0.25) is 0 Å². The Morgan fingerprint density at radius 2 is 2.33 bits per heavy atom. The van der Waals surface area contributed by atoms with Gasteiger partial charge in [0.15, 0.2) is 0 Å². The maximum atomic E-state index is 12.6. The van der Waals surface area contributed by atoms with Crippen molar-refractivity contribution >= 4 is 22.9 Å². The van der Waals surface area contributed by atoms with Crippen LogP contribution in [0.5, 0.6) is 0 Å². The molecule has 1 saturated heterocycles.